The number of nitrogens with zero attached hydrogens (tertiary/aromatic N) is 1. The number of sulfonamides is 1. The topological polar surface area (TPSA) is 66.5 Å². The maximum absolute atomic E-state index is 13.2. The minimum atomic E-state index is -4.62. The number of nitrogens with one attached hydrogen (secondary N) is 1. The van der Waals surface area contributed by atoms with Gasteiger partial charge < -0.3 is 5.32 Å². The lowest BCUT2D eigenvalue weighted by atomic mass is 9.98. The summed E-state index contributed by atoms with van der Waals surface area (Å²) in [6, 6.07) is 9.31. The Labute approximate surface area is 188 Å². The Morgan fingerprint density at radius 3 is 2.39 bits per heavy atom. The Bertz CT molecular complexity index is 1060. The summed E-state index contributed by atoms with van der Waals surface area (Å²) in [5.41, 5.74) is -1.06. The molecule has 0 aliphatic carbocycles. The molecular weight excluding hydrogens is 476 g/mol. The van der Waals surface area contributed by atoms with Crippen LogP contribution in [0.15, 0.2) is 42.5 Å². The molecule has 3 rings (SSSR count). The third-order valence-corrected chi connectivity index (χ3v) is 7.51. The van der Waals surface area contributed by atoms with Gasteiger partial charge in [0.15, 0.2) is 0 Å². The summed E-state index contributed by atoms with van der Waals surface area (Å²) in [5, 5.41) is 2.73. The number of hydrogen-bond donors (Lipinski definition) is 1. The van der Waals surface area contributed by atoms with Crippen LogP contribution in [0.3, 0.4) is 0 Å². The second-order valence-corrected chi connectivity index (χ2v) is 9.97. The number of piperidine rings is 1. The Balaban J connectivity index is 1.74. The lowest BCUT2D eigenvalue weighted by molar-refractivity contribution is -0.137. The van der Waals surface area contributed by atoms with E-state index in [2.05, 4.69) is 5.32 Å². The molecule has 168 valence electrons. The lowest BCUT2D eigenvalue weighted by Crippen LogP contribution is -2.44. The van der Waals surface area contributed by atoms with E-state index >= 15 is 0 Å². The average Bonchev–Trinajstić information content (AvgIpc) is 2.70. The summed E-state index contributed by atoms with van der Waals surface area (Å²) in [7, 11) is -3.85. The number of rotatable bonds is 5. The van der Waals surface area contributed by atoms with E-state index in [1.54, 1.807) is 6.07 Å². The predicted molar refractivity (Wildman–Crippen MR) is 113 cm³/mol. The Kier molecular flexibility index (Phi) is 7.20. The van der Waals surface area contributed by atoms with Gasteiger partial charge in [-0.3, -0.25) is 4.79 Å². The van der Waals surface area contributed by atoms with Gasteiger partial charge in [-0.15, -0.1) is 0 Å². The maximum atomic E-state index is 13.2. The van der Waals surface area contributed by atoms with E-state index in [1.165, 1.54) is 24.3 Å². The highest BCUT2D eigenvalue weighted by atomic mass is 35.5. The van der Waals surface area contributed by atoms with E-state index in [9.17, 15) is 26.4 Å². The van der Waals surface area contributed by atoms with E-state index < -0.39 is 39.3 Å². The molecule has 1 fully saturated rings. The molecule has 31 heavy (non-hydrogen) atoms. The monoisotopic (exact) mass is 494 g/mol. The SMILES string of the molecule is O=C(Nc1ccccc1C(F)(F)F)[C@H]1CCCN(S(=O)(=O)Cc2c(Cl)cccc2Cl)C1. The number of hydrogen-bond acceptors (Lipinski definition) is 3. The standard InChI is InChI=1S/C20H19Cl2F3N2O3S/c21-16-7-3-8-17(22)14(16)12-31(29,30)27-10-4-5-13(11-27)19(28)26-18-9-2-1-6-15(18)20(23,24)25/h1-3,6-9,13H,4-5,10-12H2,(H,26,28)/t13-/m0/s1. The first-order valence-electron chi connectivity index (χ1n) is 9.37. The van der Waals surface area contributed by atoms with E-state index in [1.807, 2.05) is 0 Å². The van der Waals surface area contributed by atoms with E-state index in [-0.39, 0.29) is 34.4 Å². The maximum Gasteiger partial charge on any atom is 0.418 e. The second kappa shape index (κ2) is 9.36. The van der Waals surface area contributed by atoms with Crippen molar-refractivity contribution in [2.45, 2.75) is 24.8 Å². The number of halogens is 5. The fraction of sp³-hybridized carbons (Fsp3) is 0.350. The molecule has 1 heterocycles. The molecule has 0 aromatic heterocycles. The Morgan fingerprint density at radius 2 is 1.74 bits per heavy atom. The predicted octanol–water partition coefficient (Wildman–Crippen LogP) is 5.19. The highest BCUT2D eigenvalue weighted by Gasteiger charge is 2.36. The first-order valence-corrected chi connectivity index (χ1v) is 11.7. The molecule has 1 amide bonds. The molecule has 0 saturated carbocycles. The van der Waals surface area contributed by atoms with Crippen LogP contribution < -0.4 is 5.32 Å². The van der Waals surface area contributed by atoms with Crippen molar-refractivity contribution in [3.63, 3.8) is 0 Å². The summed E-state index contributed by atoms with van der Waals surface area (Å²) in [6.07, 6.45) is -3.87. The molecule has 1 atom stereocenters. The number of anilines is 1. The van der Waals surface area contributed by atoms with Gasteiger partial charge in [-0.25, -0.2) is 12.7 Å². The van der Waals surface area contributed by atoms with E-state index in [0.717, 1.165) is 16.4 Å². The fourth-order valence-electron chi connectivity index (χ4n) is 3.43. The summed E-state index contributed by atoms with van der Waals surface area (Å²) < 4.78 is 66.5. The summed E-state index contributed by atoms with van der Waals surface area (Å²) in [4.78, 5) is 12.6. The van der Waals surface area contributed by atoms with Crippen molar-refractivity contribution < 1.29 is 26.4 Å². The van der Waals surface area contributed by atoms with Gasteiger partial charge in [0.05, 0.1) is 22.9 Å². The van der Waals surface area contributed by atoms with Crippen molar-refractivity contribution >= 4 is 44.8 Å². The lowest BCUT2D eigenvalue weighted by Gasteiger charge is -2.31. The number of para-hydroxylation sites is 1. The smallest absolute Gasteiger partial charge is 0.325 e. The first-order chi connectivity index (χ1) is 14.5. The molecule has 5 nitrogen and oxygen atoms in total. The minimum Gasteiger partial charge on any atom is -0.325 e. The van der Waals surface area contributed by atoms with Crippen molar-refractivity contribution in [1.29, 1.82) is 0 Å². The number of carbonyl (C=O) groups excluding carboxylic acids is 1. The quantitative estimate of drug-likeness (QED) is 0.621. The first kappa shape index (κ1) is 23.8. The highest BCUT2D eigenvalue weighted by molar-refractivity contribution is 7.88. The fourth-order valence-corrected chi connectivity index (χ4v) is 5.79. The Hall–Kier alpha value is -1.81. The van der Waals surface area contributed by atoms with Crippen molar-refractivity contribution in [1.82, 2.24) is 4.31 Å². The third-order valence-electron chi connectivity index (χ3n) is 5.03. The number of benzene rings is 2. The van der Waals surface area contributed by atoms with Crippen LogP contribution in [0, 0.1) is 5.92 Å². The summed E-state index contributed by atoms with van der Waals surface area (Å²) >= 11 is 12.1. The van der Waals surface area contributed by atoms with Gasteiger partial charge in [0, 0.05) is 28.7 Å². The summed E-state index contributed by atoms with van der Waals surface area (Å²) in [5.74, 6) is -1.88. The molecule has 0 unspecified atom stereocenters. The van der Waals surface area contributed by atoms with Crippen molar-refractivity contribution in [3.8, 4) is 0 Å². The molecule has 1 saturated heterocycles. The van der Waals surface area contributed by atoms with Gasteiger partial charge in [-0.05, 0) is 37.1 Å². The molecule has 1 aliphatic rings. The average molecular weight is 495 g/mol. The zero-order valence-electron chi connectivity index (χ0n) is 16.1. The number of amides is 1. The normalized spacial score (nSPS) is 18.0. The molecule has 1 aliphatic heterocycles. The molecule has 1 N–H and O–H groups in total. The molecule has 0 radical (unpaired) electrons. The largest absolute Gasteiger partial charge is 0.418 e. The molecular formula is C20H19Cl2F3N2O3S. The van der Waals surface area contributed by atoms with Crippen molar-refractivity contribution in [3.05, 3.63) is 63.6 Å². The van der Waals surface area contributed by atoms with Crippen LogP contribution in [0.4, 0.5) is 18.9 Å². The zero-order valence-corrected chi connectivity index (χ0v) is 18.5. The van der Waals surface area contributed by atoms with Gasteiger partial charge in [-0.2, -0.15) is 13.2 Å². The van der Waals surface area contributed by atoms with Crippen LogP contribution in [0.5, 0.6) is 0 Å². The molecule has 2 aromatic carbocycles. The van der Waals surface area contributed by atoms with Gasteiger partial charge in [-0.1, -0.05) is 41.4 Å². The number of carbonyl (C=O) groups is 1. The van der Waals surface area contributed by atoms with Crippen LogP contribution in [0.2, 0.25) is 10.0 Å². The van der Waals surface area contributed by atoms with Gasteiger partial charge in [0.25, 0.3) is 0 Å². The minimum absolute atomic E-state index is 0.135. The Morgan fingerprint density at radius 1 is 1.10 bits per heavy atom. The zero-order chi connectivity index (χ0) is 22.8. The van der Waals surface area contributed by atoms with Crippen LogP contribution >= 0.6 is 23.2 Å². The van der Waals surface area contributed by atoms with Gasteiger partial charge in [0.1, 0.15) is 0 Å². The van der Waals surface area contributed by atoms with Crippen LogP contribution in [0.25, 0.3) is 0 Å². The van der Waals surface area contributed by atoms with Crippen molar-refractivity contribution in [2.24, 2.45) is 5.92 Å². The third kappa shape index (κ3) is 5.71. The molecule has 0 bridgehead atoms. The van der Waals surface area contributed by atoms with Crippen molar-refractivity contribution in [2.75, 3.05) is 18.4 Å². The number of alkyl halides is 3. The molecule has 2 aromatic rings. The summed E-state index contributed by atoms with van der Waals surface area (Å²) in [6.45, 7) is 0.0672. The highest BCUT2D eigenvalue weighted by Crippen LogP contribution is 2.35. The van der Waals surface area contributed by atoms with Crippen LogP contribution in [-0.4, -0.2) is 31.7 Å². The van der Waals surface area contributed by atoms with E-state index in [0.29, 0.717) is 12.8 Å². The van der Waals surface area contributed by atoms with Crippen LogP contribution in [-0.2, 0) is 26.7 Å². The van der Waals surface area contributed by atoms with Gasteiger partial charge >= 0.3 is 6.18 Å². The second-order valence-electron chi connectivity index (χ2n) is 7.19. The van der Waals surface area contributed by atoms with Crippen LogP contribution in [0.1, 0.15) is 24.0 Å². The molecule has 0 spiro atoms. The van der Waals surface area contributed by atoms with E-state index in [4.69, 9.17) is 23.2 Å². The van der Waals surface area contributed by atoms with Gasteiger partial charge in [0.2, 0.25) is 15.9 Å². The molecule has 11 heteroatoms.